The molecule has 170 valence electrons. The van der Waals surface area contributed by atoms with Crippen molar-refractivity contribution in [2.45, 2.75) is 65.2 Å². The molecule has 3 aromatic rings. The van der Waals surface area contributed by atoms with Gasteiger partial charge in [0, 0.05) is 12.7 Å². The van der Waals surface area contributed by atoms with E-state index in [4.69, 9.17) is 0 Å². The lowest BCUT2D eigenvalue weighted by Crippen LogP contribution is -2.44. The molecule has 3 heterocycles. The lowest BCUT2D eigenvalue weighted by molar-refractivity contribution is -0.155. The fourth-order valence-electron chi connectivity index (χ4n) is 3.64. The zero-order valence-electron chi connectivity index (χ0n) is 18.4. The van der Waals surface area contributed by atoms with Gasteiger partial charge in [-0.15, -0.1) is 0 Å². The Bertz CT molecular complexity index is 1100. The first-order valence-corrected chi connectivity index (χ1v) is 10.7. The summed E-state index contributed by atoms with van der Waals surface area (Å²) in [5, 5.41) is 9.88. The van der Waals surface area contributed by atoms with Crippen LogP contribution in [0, 0.1) is 18.3 Å². The average molecular weight is 445 g/mol. The third-order valence-electron chi connectivity index (χ3n) is 5.34. The number of anilines is 1. The zero-order chi connectivity index (χ0) is 23.3. The number of aromatic nitrogens is 3. The Hall–Kier alpha value is -3.12. The van der Waals surface area contributed by atoms with Gasteiger partial charge in [-0.05, 0) is 43.5 Å². The normalized spacial score (nSPS) is 12.7. The lowest BCUT2D eigenvalue weighted by atomic mass is 10.1. The number of aryl methyl sites for hydroxylation is 2. The molecule has 3 aromatic heterocycles. The second-order valence-corrected chi connectivity index (χ2v) is 7.78. The number of nitrogens with zero attached hydrogens (tertiary/aromatic N) is 4. The summed E-state index contributed by atoms with van der Waals surface area (Å²) in [6.45, 7) is 6.27. The fourth-order valence-corrected chi connectivity index (χ4v) is 3.64. The molecular weight excluding hydrogens is 417 g/mol. The van der Waals surface area contributed by atoms with Gasteiger partial charge in [-0.25, -0.2) is 5.43 Å². The van der Waals surface area contributed by atoms with Crippen LogP contribution in [-0.4, -0.2) is 26.8 Å². The van der Waals surface area contributed by atoms with Crippen molar-refractivity contribution in [3.63, 3.8) is 0 Å². The van der Waals surface area contributed by atoms with Crippen LogP contribution in [0.1, 0.15) is 50.7 Å². The highest BCUT2D eigenvalue weighted by Gasteiger charge is 2.38. The molecule has 0 radical (unpaired) electrons. The Labute approximate surface area is 185 Å². The van der Waals surface area contributed by atoms with E-state index in [1.54, 1.807) is 18.3 Å². The number of unbranched alkanes of at least 4 members (excludes halogenated alkanes) is 2. The molecule has 0 saturated carbocycles. The van der Waals surface area contributed by atoms with Crippen molar-refractivity contribution in [1.82, 2.24) is 20.0 Å². The number of alkyl halides is 3. The molecule has 0 saturated heterocycles. The average Bonchev–Trinajstić information content (AvgIpc) is 3.06. The number of hydrogen-bond acceptors (Lipinski definition) is 5. The first-order chi connectivity index (χ1) is 15.3. The Morgan fingerprint density at radius 1 is 1.16 bits per heavy atom. The molecule has 0 aromatic carbocycles. The summed E-state index contributed by atoms with van der Waals surface area (Å²) in [7, 11) is 0. The minimum absolute atomic E-state index is 0.0994. The number of hydrogen-bond donors (Lipinski definition) is 2. The van der Waals surface area contributed by atoms with Crippen LogP contribution in [0.4, 0.5) is 18.9 Å². The number of rotatable bonds is 9. The summed E-state index contributed by atoms with van der Waals surface area (Å²) in [5.74, 6) is 0. The summed E-state index contributed by atoms with van der Waals surface area (Å²) < 4.78 is 40.9. The van der Waals surface area contributed by atoms with Crippen LogP contribution < -0.4 is 10.9 Å². The standard InChI is InChI=1S/C23H27F3N6/c1-4-6-7-10-32-19-11-15(3)13-29-21(19)17(12-27)22(32)18-9-8-16(14-28-18)30-31-20(5-2)23(24,25)26/h8-9,11,13-14,20,30-31H,4-7,10H2,1-3H3/t20-/m0/s1. The molecule has 0 spiro atoms. The third kappa shape index (κ3) is 5.02. The Morgan fingerprint density at radius 2 is 1.94 bits per heavy atom. The molecule has 9 heteroatoms. The van der Waals surface area contributed by atoms with Crippen molar-refractivity contribution in [3.8, 4) is 17.5 Å². The minimum atomic E-state index is -4.35. The summed E-state index contributed by atoms with van der Waals surface area (Å²) in [4.78, 5) is 8.93. The number of pyridine rings is 2. The number of hydrazine groups is 1. The first-order valence-electron chi connectivity index (χ1n) is 10.7. The van der Waals surface area contributed by atoms with Gasteiger partial charge in [0.05, 0.1) is 28.8 Å². The van der Waals surface area contributed by atoms with E-state index in [1.807, 2.05) is 13.0 Å². The first kappa shape index (κ1) is 23.5. The molecule has 0 unspecified atom stereocenters. The number of nitrogens with one attached hydrogen (secondary N) is 2. The predicted molar refractivity (Wildman–Crippen MR) is 119 cm³/mol. The van der Waals surface area contributed by atoms with Gasteiger partial charge in [-0.1, -0.05) is 26.7 Å². The summed E-state index contributed by atoms with van der Waals surface area (Å²) in [5.41, 5.74) is 9.49. The number of nitriles is 1. The topological polar surface area (TPSA) is 78.6 Å². The Kier molecular flexibility index (Phi) is 7.36. The van der Waals surface area contributed by atoms with E-state index in [9.17, 15) is 18.4 Å². The van der Waals surface area contributed by atoms with Crippen molar-refractivity contribution in [3.05, 3.63) is 41.7 Å². The van der Waals surface area contributed by atoms with E-state index in [0.717, 1.165) is 36.9 Å². The fraction of sp³-hybridized carbons (Fsp3) is 0.435. The summed E-state index contributed by atoms with van der Waals surface area (Å²) in [6, 6.07) is 5.97. The molecule has 32 heavy (non-hydrogen) atoms. The zero-order valence-corrected chi connectivity index (χ0v) is 18.4. The number of fused-ring (bicyclic) bond motifs is 1. The third-order valence-corrected chi connectivity index (χ3v) is 5.34. The van der Waals surface area contributed by atoms with Crippen LogP contribution in [0.2, 0.25) is 0 Å². The van der Waals surface area contributed by atoms with E-state index < -0.39 is 12.2 Å². The van der Waals surface area contributed by atoms with Gasteiger partial charge in [-0.3, -0.25) is 9.97 Å². The van der Waals surface area contributed by atoms with Gasteiger partial charge in [-0.2, -0.15) is 18.4 Å². The maximum atomic E-state index is 12.9. The van der Waals surface area contributed by atoms with E-state index in [-0.39, 0.29) is 6.42 Å². The monoisotopic (exact) mass is 444 g/mol. The maximum Gasteiger partial charge on any atom is 0.405 e. The predicted octanol–water partition coefficient (Wildman–Crippen LogP) is 5.73. The molecule has 0 aliphatic rings. The number of halogens is 3. The van der Waals surface area contributed by atoms with Crippen LogP contribution >= 0.6 is 0 Å². The van der Waals surface area contributed by atoms with Crippen LogP contribution in [0.3, 0.4) is 0 Å². The minimum Gasteiger partial charge on any atom is -0.337 e. The molecular formula is C23H27F3N6. The summed E-state index contributed by atoms with van der Waals surface area (Å²) in [6.07, 6.45) is 1.82. The van der Waals surface area contributed by atoms with Gasteiger partial charge in [0.15, 0.2) is 0 Å². The maximum absolute atomic E-state index is 12.9. The highest BCUT2D eigenvalue weighted by Crippen LogP contribution is 2.33. The highest BCUT2D eigenvalue weighted by atomic mass is 19.4. The molecule has 1 atom stereocenters. The van der Waals surface area contributed by atoms with Crippen molar-refractivity contribution in [2.24, 2.45) is 0 Å². The Balaban J connectivity index is 1.96. The molecule has 0 aliphatic heterocycles. The smallest absolute Gasteiger partial charge is 0.337 e. The lowest BCUT2D eigenvalue weighted by Gasteiger charge is -2.21. The Morgan fingerprint density at radius 3 is 2.53 bits per heavy atom. The van der Waals surface area contributed by atoms with Crippen LogP contribution in [0.5, 0.6) is 0 Å². The van der Waals surface area contributed by atoms with Crippen molar-refractivity contribution in [1.29, 1.82) is 5.26 Å². The SMILES string of the molecule is CCCCCn1c(-c2ccc(NN[C@@H](CC)C(F)(F)F)cn2)c(C#N)c2ncc(C)cc21. The second kappa shape index (κ2) is 10.0. The van der Waals surface area contributed by atoms with Gasteiger partial charge in [0.1, 0.15) is 23.2 Å². The molecule has 0 aliphatic carbocycles. The molecule has 6 nitrogen and oxygen atoms in total. The van der Waals surface area contributed by atoms with Crippen LogP contribution in [-0.2, 0) is 6.54 Å². The van der Waals surface area contributed by atoms with E-state index >= 15 is 0 Å². The summed E-state index contributed by atoms with van der Waals surface area (Å²) >= 11 is 0. The van der Waals surface area contributed by atoms with Crippen LogP contribution in [0.25, 0.3) is 22.4 Å². The quantitative estimate of drug-likeness (QED) is 0.326. The van der Waals surface area contributed by atoms with Crippen LogP contribution in [0.15, 0.2) is 30.6 Å². The van der Waals surface area contributed by atoms with Gasteiger partial charge in [0.2, 0.25) is 0 Å². The van der Waals surface area contributed by atoms with Crippen molar-refractivity contribution >= 4 is 16.7 Å². The largest absolute Gasteiger partial charge is 0.405 e. The molecule has 3 rings (SSSR count). The molecule has 0 amide bonds. The van der Waals surface area contributed by atoms with Gasteiger partial charge < -0.3 is 9.99 Å². The van der Waals surface area contributed by atoms with Gasteiger partial charge >= 0.3 is 6.18 Å². The molecule has 2 N–H and O–H groups in total. The molecule has 0 fully saturated rings. The second-order valence-electron chi connectivity index (χ2n) is 7.78. The van der Waals surface area contributed by atoms with Crippen molar-refractivity contribution in [2.75, 3.05) is 5.43 Å². The van der Waals surface area contributed by atoms with Gasteiger partial charge in [0.25, 0.3) is 0 Å². The van der Waals surface area contributed by atoms with E-state index in [0.29, 0.717) is 28.2 Å². The molecule has 0 bridgehead atoms. The van der Waals surface area contributed by atoms with E-state index in [2.05, 4.69) is 38.4 Å². The van der Waals surface area contributed by atoms with E-state index in [1.165, 1.54) is 13.1 Å². The highest BCUT2D eigenvalue weighted by molar-refractivity contribution is 5.91. The van der Waals surface area contributed by atoms with Crippen molar-refractivity contribution < 1.29 is 13.2 Å².